The van der Waals surface area contributed by atoms with Crippen LogP contribution in [0.5, 0.6) is 0 Å². The van der Waals surface area contributed by atoms with Gasteiger partial charge in [-0.3, -0.25) is 0 Å². The van der Waals surface area contributed by atoms with Crippen LogP contribution >= 0.6 is 0 Å². The zero-order chi connectivity index (χ0) is 23.8. The topological polar surface area (TPSA) is 63.8 Å². The summed E-state index contributed by atoms with van der Waals surface area (Å²) in [6, 6.07) is 2.59. The number of nitrogens with two attached hydrogens (primary N) is 1. The molecule has 0 aliphatic heterocycles. The number of benzene rings is 1. The van der Waals surface area contributed by atoms with Crippen molar-refractivity contribution in [2.24, 2.45) is 10.8 Å². The zero-order valence-corrected chi connectivity index (χ0v) is 18.0. The molecule has 31 heavy (non-hydrogen) atoms. The van der Waals surface area contributed by atoms with Crippen molar-refractivity contribution in [2.45, 2.75) is 53.4 Å². The first-order valence-corrected chi connectivity index (χ1v) is 9.54. The standard InChI is InChI=1S/C21H26F6N4/c1-18(2,3)10-19(4,5)11-29-16-9-15(30-17(28)31-16)12-6-13(20(22,23)24)8-14(7-12)21(25,26)27/h6-9H,10-11H2,1-5H3,(H3,28,29,30,31). The summed E-state index contributed by atoms with van der Waals surface area (Å²) in [6.07, 6.45) is -9.04. The molecule has 0 radical (unpaired) electrons. The van der Waals surface area contributed by atoms with E-state index >= 15 is 0 Å². The molecule has 0 saturated carbocycles. The van der Waals surface area contributed by atoms with Gasteiger partial charge < -0.3 is 11.1 Å². The van der Waals surface area contributed by atoms with Crippen LogP contribution in [0.1, 0.15) is 52.2 Å². The third-order valence-electron chi connectivity index (χ3n) is 4.38. The van der Waals surface area contributed by atoms with Crippen molar-refractivity contribution >= 4 is 11.8 Å². The van der Waals surface area contributed by atoms with Crippen LogP contribution in [-0.2, 0) is 12.4 Å². The molecule has 0 fully saturated rings. The Hall–Kier alpha value is -2.52. The number of nitrogen functional groups attached to an aromatic ring is 1. The van der Waals surface area contributed by atoms with Crippen LogP contribution in [0.3, 0.4) is 0 Å². The highest BCUT2D eigenvalue weighted by Gasteiger charge is 2.37. The molecule has 10 heteroatoms. The molecule has 0 unspecified atom stereocenters. The van der Waals surface area contributed by atoms with Gasteiger partial charge in [-0.05, 0) is 35.4 Å². The van der Waals surface area contributed by atoms with E-state index in [1.807, 2.05) is 13.8 Å². The van der Waals surface area contributed by atoms with E-state index in [-0.39, 0.29) is 39.9 Å². The van der Waals surface area contributed by atoms with Crippen molar-refractivity contribution in [2.75, 3.05) is 17.6 Å². The maximum Gasteiger partial charge on any atom is 0.416 e. The molecule has 0 aliphatic carbocycles. The summed E-state index contributed by atoms with van der Waals surface area (Å²) >= 11 is 0. The average molecular weight is 448 g/mol. The summed E-state index contributed by atoms with van der Waals surface area (Å²) in [6.45, 7) is 10.8. The number of nitrogens with one attached hydrogen (secondary N) is 1. The monoisotopic (exact) mass is 448 g/mol. The van der Waals surface area contributed by atoms with E-state index in [1.165, 1.54) is 6.07 Å². The van der Waals surface area contributed by atoms with Crippen LogP contribution in [0.2, 0.25) is 0 Å². The van der Waals surface area contributed by atoms with Crippen molar-refractivity contribution in [1.82, 2.24) is 9.97 Å². The van der Waals surface area contributed by atoms with E-state index in [0.717, 1.165) is 6.42 Å². The van der Waals surface area contributed by atoms with Gasteiger partial charge in [0.2, 0.25) is 5.95 Å². The molecule has 2 rings (SSSR count). The molecule has 0 bridgehead atoms. The summed E-state index contributed by atoms with van der Waals surface area (Å²) in [5.74, 6) is -0.0462. The Labute approximate surface area is 177 Å². The Balaban J connectivity index is 2.43. The third kappa shape index (κ3) is 7.29. The molecule has 0 amide bonds. The molecule has 2 aromatic rings. The van der Waals surface area contributed by atoms with Gasteiger partial charge >= 0.3 is 12.4 Å². The van der Waals surface area contributed by atoms with Gasteiger partial charge in [-0.15, -0.1) is 0 Å². The van der Waals surface area contributed by atoms with Crippen LogP contribution < -0.4 is 11.1 Å². The van der Waals surface area contributed by atoms with Gasteiger partial charge in [0.05, 0.1) is 16.8 Å². The van der Waals surface area contributed by atoms with E-state index in [0.29, 0.717) is 18.7 Å². The van der Waals surface area contributed by atoms with Crippen molar-refractivity contribution in [3.63, 3.8) is 0 Å². The van der Waals surface area contributed by atoms with Gasteiger partial charge in [0.1, 0.15) is 5.82 Å². The van der Waals surface area contributed by atoms with Gasteiger partial charge in [-0.2, -0.15) is 31.3 Å². The maximum absolute atomic E-state index is 13.2. The van der Waals surface area contributed by atoms with E-state index < -0.39 is 23.5 Å². The second-order valence-electron chi connectivity index (χ2n) is 9.55. The third-order valence-corrected chi connectivity index (χ3v) is 4.38. The normalized spacial score (nSPS) is 13.4. The highest BCUT2D eigenvalue weighted by Crippen LogP contribution is 2.39. The fourth-order valence-corrected chi connectivity index (χ4v) is 3.64. The van der Waals surface area contributed by atoms with Crippen molar-refractivity contribution < 1.29 is 26.3 Å². The minimum atomic E-state index is -4.95. The molecule has 172 valence electrons. The maximum atomic E-state index is 13.2. The lowest BCUT2D eigenvalue weighted by atomic mass is 9.76. The fourth-order valence-electron chi connectivity index (χ4n) is 3.64. The molecule has 0 aliphatic rings. The second-order valence-corrected chi connectivity index (χ2v) is 9.55. The first-order chi connectivity index (χ1) is 13.9. The van der Waals surface area contributed by atoms with Crippen LogP contribution in [-0.4, -0.2) is 16.5 Å². The highest BCUT2D eigenvalue weighted by molar-refractivity contribution is 5.66. The number of rotatable bonds is 5. The second kappa shape index (κ2) is 8.20. The van der Waals surface area contributed by atoms with Crippen molar-refractivity contribution in [3.05, 3.63) is 35.4 Å². The minimum absolute atomic E-state index is 0.0626. The van der Waals surface area contributed by atoms with E-state index in [1.54, 1.807) is 0 Å². The first kappa shape index (κ1) is 24.7. The van der Waals surface area contributed by atoms with Crippen molar-refractivity contribution in [1.29, 1.82) is 0 Å². The average Bonchev–Trinajstić information content (AvgIpc) is 2.55. The minimum Gasteiger partial charge on any atom is -0.369 e. The molecule has 3 N–H and O–H groups in total. The number of anilines is 2. The van der Waals surface area contributed by atoms with Crippen LogP contribution in [0.4, 0.5) is 38.1 Å². The lowest BCUT2D eigenvalue weighted by Crippen LogP contribution is -2.28. The molecular weight excluding hydrogens is 422 g/mol. The molecular formula is C21H26F6N4. The number of hydrogen-bond acceptors (Lipinski definition) is 4. The molecule has 1 aromatic carbocycles. The number of aromatic nitrogens is 2. The van der Waals surface area contributed by atoms with E-state index in [4.69, 9.17) is 5.73 Å². The predicted octanol–water partition coefficient (Wildman–Crippen LogP) is 6.64. The SMILES string of the molecule is CC(C)(C)CC(C)(C)CNc1cc(-c2cc(C(F)(F)F)cc(C(F)(F)F)c2)nc(N)n1. The van der Waals surface area contributed by atoms with Crippen molar-refractivity contribution in [3.8, 4) is 11.3 Å². The molecule has 0 spiro atoms. The summed E-state index contributed by atoms with van der Waals surface area (Å²) in [7, 11) is 0. The molecule has 0 atom stereocenters. The lowest BCUT2D eigenvalue weighted by molar-refractivity contribution is -0.143. The number of halogens is 6. The van der Waals surface area contributed by atoms with Crippen LogP contribution in [0, 0.1) is 10.8 Å². The smallest absolute Gasteiger partial charge is 0.369 e. The summed E-state index contributed by atoms with van der Waals surface area (Å²) in [5.41, 5.74) is 2.25. The number of hydrogen-bond donors (Lipinski definition) is 2. The van der Waals surface area contributed by atoms with Gasteiger partial charge in [0, 0.05) is 18.2 Å². The summed E-state index contributed by atoms with van der Waals surface area (Å²) < 4.78 is 79.0. The predicted molar refractivity (Wildman–Crippen MR) is 108 cm³/mol. The Bertz CT molecular complexity index is 895. The molecule has 1 heterocycles. The number of alkyl halides is 6. The van der Waals surface area contributed by atoms with Crippen LogP contribution in [0.25, 0.3) is 11.3 Å². The van der Waals surface area contributed by atoms with Gasteiger partial charge in [-0.25, -0.2) is 4.98 Å². The van der Waals surface area contributed by atoms with Crippen LogP contribution in [0.15, 0.2) is 24.3 Å². The molecule has 1 aromatic heterocycles. The Kier molecular flexibility index (Phi) is 6.54. The van der Waals surface area contributed by atoms with Gasteiger partial charge in [-0.1, -0.05) is 34.6 Å². The van der Waals surface area contributed by atoms with E-state index in [9.17, 15) is 26.3 Å². The lowest BCUT2D eigenvalue weighted by Gasteiger charge is -2.32. The Morgan fingerprint density at radius 3 is 1.77 bits per heavy atom. The summed E-state index contributed by atoms with van der Waals surface area (Å²) in [4.78, 5) is 7.86. The molecule has 0 saturated heterocycles. The summed E-state index contributed by atoms with van der Waals surface area (Å²) in [5, 5.41) is 3.07. The Morgan fingerprint density at radius 1 is 0.806 bits per heavy atom. The Morgan fingerprint density at radius 2 is 1.32 bits per heavy atom. The highest BCUT2D eigenvalue weighted by atomic mass is 19.4. The quantitative estimate of drug-likeness (QED) is 0.504. The molecule has 4 nitrogen and oxygen atoms in total. The number of nitrogens with zero attached hydrogens (tertiary/aromatic N) is 2. The zero-order valence-electron chi connectivity index (χ0n) is 18.0. The van der Waals surface area contributed by atoms with Gasteiger partial charge in [0.25, 0.3) is 0 Å². The van der Waals surface area contributed by atoms with Gasteiger partial charge in [0.15, 0.2) is 0 Å². The van der Waals surface area contributed by atoms with E-state index in [2.05, 4.69) is 36.1 Å². The first-order valence-electron chi connectivity index (χ1n) is 9.54. The fraction of sp³-hybridized carbons (Fsp3) is 0.524. The largest absolute Gasteiger partial charge is 0.416 e.